The Hall–Kier alpha value is -1.77. The number of nitrogens with one attached hydrogen (secondary N) is 1. The second kappa shape index (κ2) is 3.42. The number of hydrogen-bond acceptors (Lipinski definition) is 2. The standard InChI is InChI=1S/C12H13N3/c1-2-4-10(5-3-1)11-6-7-13-12-14-8-9-15(11)12/h1-5,8-9,11H,6-7H2,(H,13,14). The predicted molar refractivity (Wildman–Crippen MR) is 59.9 cm³/mol. The van der Waals surface area contributed by atoms with Gasteiger partial charge < -0.3 is 9.88 Å². The smallest absolute Gasteiger partial charge is 0.203 e. The van der Waals surface area contributed by atoms with Crippen molar-refractivity contribution in [2.75, 3.05) is 11.9 Å². The lowest BCUT2D eigenvalue weighted by molar-refractivity contribution is 0.530. The van der Waals surface area contributed by atoms with Gasteiger partial charge in [-0.25, -0.2) is 4.98 Å². The van der Waals surface area contributed by atoms with E-state index < -0.39 is 0 Å². The molecule has 3 nitrogen and oxygen atoms in total. The van der Waals surface area contributed by atoms with Crippen LogP contribution in [-0.4, -0.2) is 16.1 Å². The Kier molecular flexibility index (Phi) is 1.95. The highest BCUT2D eigenvalue weighted by molar-refractivity contribution is 5.33. The summed E-state index contributed by atoms with van der Waals surface area (Å²) in [5.74, 6) is 0.982. The van der Waals surface area contributed by atoms with Crippen LogP contribution in [0.15, 0.2) is 42.7 Å². The molecule has 0 bridgehead atoms. The first-order chi connectivity index (χ1) is 7.45. The molecule has 1 aliphatic rings. The maximum Gasteiger partial charge on any atom is 0.203 e. The van der Waals surface area contributed by atoms with E-state index in [9.17, 15) is 0 Å². The van der Waals surface area contributed by atoms with Crippen molar-refractivity contribution in [2.45, 2.75) is 12.5 Å². The molecule has 1 atom stereocenters. The Morgan fingerprint density at radius 3 is 3.00 bits per heavy atom. The summed E-state index contributed by atoms with van der Waals surface area (Å²) in [6.07, 6.45) is 5.01. The number of rotatable bonds is 1. The van der Waals surface area contributed by atoms with E-state index in [-0.39, 0.29) is 0 Å². The number of imidazole rings is 1. The van der Waals surface area contributed by atoms with Gasteiger partial charge in [-0.15, -0.1) is 0 Å². The minimum absolute atomic E-state index is 0.435. The van der Waals surface area contributed by atoms with E-state index in [1.807, 2.05) is 12.4 Å². The molecule has 0 amide bonds. The van der Waals surface area contributed by atoms with Gasteiger partial charge in [-0.3, -0.25) is 0 Å². The van der Waals surface area contributed by atoms with E-state index in [1.54, 1.807) is 0 Å². The third-order valence-electron chi connectivity index (χ3n) is 2.89. The molecule has 1 unspecified atom stereocenters. The van der Waals surface area contributed by atoms with E-state index in [2.05, 4.69) is 45.2 Å². The van der Waals surface area contributed by atoms with E-state index in [1.165, 1.54) is 5.56 Å². The zero-order valence-electron chi connectivity index (χ0n) is 8.43. The Labute approximate surface area is 88.8 Å². The summed E-state index contributed by atoms with van der Waals surface area (Å²) >= 11 is 0. The first-order valence-corrected chi connectivity index (χ1v) is 5.27. The molecule has 3 rings (SSSR count). The third kappa shape index (κ3) is 1.40. The number of hydrogen-bond donors (Lipinski definition) is 1. The van der Waals surface area contributed by atoms with E-state index >= 15 is 0 Å². The van der Waals surface area contributed by atoms with Gasteiger partial charge in [-0.1, -0.05) is 30.3 Å². The highest BCUT2D eigenvalue weighted by Crippen LogP contribution is 2.28. The van der Waals surface area contributed by atoms with Crippen LogP contribution in [-0.2, 0) is 0 Å². The molecule has 2 aromatic rings. The van der Waals surface area contributed by atoms with Gasteiger partial charge in [0.25, 0.3) is 0 Å². The van der Waals surface area contributed by atoms with Gasteiger partial charge in [0, 0.05) is 18.9 Å². The number of fused-ring (bicyclic) bond motifs is 1. The lowest BCUT2D eigenvalue weighted by atomic mass is 10.0. The number of anilines is 1. The minimum atomic E-state index is 0.435. The van der Waals surface area contributed by atoms with Crippen molar-refractivity contribution < 1.29 is 0 Å². The maximum absolute atomic E-state index is 4.28. The van der Waals surface area contributed by atoms with Crippen molar-refractivity contribution >= 4 is 5.95 Å². The summed E-state index contributed by atoms with van der Waals surface area (Å²) in [5, 5.41) is 3.29. The Balaban J connectivity index is 2.03. The molecule has 1 N–H and O–H groups in total. The summed E-state index contributed by atoms with van der Waals surface area (Å²) < 4.78 is 2.21. The van der Waals surface area contributed by atoms with Gasteiger partial charge in [0.1, 0.15) is 0 Å². The average molecular weight is 199 g/mol. The summed E-state index contributed by atoms with van der Waals surface area (Å²) in [7, 11) is 0. The Morgan fingerprint density at radius 1 is 1.27 bits per heavy atom. The fourth-order valence-electron chi connectivity index (χ4n) is 2.16. The fraction of sp³-hybridized carbons (Fsp3) is 0.250. The van der Waals surface area contributed by atoms with Crippen molar-refractivity contribution in [1.82, 2.24) is 9.55 Å². The van der Waals surface area contributed by atoms with E-state index in [4.69, 9.17) is 0 Å². The zero-order chi connectivity index (χ0) is 10.1. The molecule has 0 saturated heterocycles. The van der Waals surface area contributed by atoms with Crippen LogP contribution in [0.5, 0.6) is 0 Å². The van der Waals surface area contributed by atoms with Crippen LogP contribution in [0.25, 0.3) is 0 Å². The first-order valence-electron chi connectivity index (χ1n) is 5.27. The van der Waals surface area contributed by atoms with Crippen molar-refractivity contribution in [3.05, 3.63) is 48.3 Å². The predicted octanol–water partition coefficient (Wildman–Crippen LogP) is 2.29. The second-order valence-electron chi connectivity index (χ2n) is 3.80. The SMILES string of the molecule is c1ccc(C2CCNc3nccn32)cc1. The lowest BCUT2D eigenvalue weighted by Crippen LogP contribution is -2.23. The van der Waals surface area contributed by atoms with E-state index in [0.717, 1.165) is 18.9 Å². The summed E-state index contributed by atoms with van der Waals surface area (Å²) in [4.78, 5) is 4.28. The van der Waals surface area contributed by atoms with Gasteiger partial charge in [-0.05, 0) is 12.0 Å². The Morgan fingerprint density at radius 2 is 2.13 bits per heavy atom. The van der Waals surface area contributed by atoms with Gasteiger partial charge in [0.2, 0.25) is 5.95 Å². The van der Waals surface area contributed by atoms with Crippen molar-refractivity contribution in [3.8, 4) is 0 Å². The van der Waals surface area contributed by atoms with Gasteiger partial charge >= 0.3 is 0 Å². The normalized spacial score (nSPS) is 19.3. The molecular weight excluding hydrogens is 186 g/mol. The Bertz CT molecular complexity index is 447. The molecule has 1 aromatic heterocycles. The molecule has 0 saturated carbocycles. The highest BCUT2D eigenvalue weighted by atomic mass is 15.2. The van der Waals surface area contributed by atoms with Crippen LogP contribution < -0.4 is 5.32 Å². The molecule has 3 heteroatoms. The fourth-order valence-corrected chi connectivity index (χ4v) is 2.16. The van der Waals surface area contributed by atoms with Gasteiger partial charge in [0.05, 0.1) is 6.04 Å². The van der Waals surface area contributed by atoms with Crippen LogP contribution in [0.4, 0.5) is 5.95 Å². The largest absolute Gasteiger partial charge is 0.356 e. The molecule has 1 aromatic carbocycles. The molecule has 0 spiro atoms. The molecular formula is C12H13N3. The number of aromatic nitrogens is 2. The molecule has 1 aliphatic heterocycles. The quantitative estimate of drug-likeness (QED) is 0.763. The maximum atomic E-state index is 4.28. The minimum Gasteiger partial charge on any atom is -0.356 e. The van der Waals surface area contributed by atoms with E-state index in [0.29, 0.717) is 6.04 Å². The molecule has 15 heavy (non-hydrogen) atoms. The molecule has 2 heterocycles. The first kappa shape index (κ1) is 8.53. The van der Waals surface area contributed by atoms with Gasteiger partial charge in [-0.2, -0.15) is 0 Å². The second-order valence-corrected chi connectivity index (χ2v) is 3.80. The third-order valence-corrected chi connectivity index (χ3v) is 2.89. The van der Waals surface area contributed by atoms with Crippen LogP contribution >= 0.6 is 0 Å². The molecule has 0 radical (unpaired) electrons. The number of nitrogens with zero attached hydrogens (tertiary/aromatic N) is 2. The average Bonchev–Trinajstić information content (AvgIpc) is 2.78. The summed E-state index contributed by atoms with van der Waals surface area (Å²) in [6.45, 7) is 0.997. The summed E-state index contributed by atoms with van der Waals surface area (Å²) in [5.41, 5.74) is 1.36. The van der Waals surface area contributed by atoms with Crippen molar-refractivity contribution in [3.63, 3.8) is 0 Å². The molecule has 76 valence electrons. The van der Waals surface area contributed by atoms with Crippen molar-refractivity contribution in [2.24, 2.45) is 0 Å². The van der Waals surface area contributed by atoms with Crippen LogP contribution in [0.1, 0.15) is 18.0 Å². The van der Waals surface area contributed by atoms with Gasteiger partial charge in [0.15, 0.2) is 0 Å². The molecule has 0 fully saturated rings. The van der Waals surface area contributed by atoms with Crippen LogP contribution in [0.2, 0.25) is 0 Å². The number of benzene rings is 1. The van der Waals surface area contributed by atoms with Crippen molar-refractivity contribution in [1.29, 1.82) is 0 Å². The molecule has 0 aliphatic carbocycles. The summed E-state index contributed by atoms with van der Waals surface area (Å²) in [6, 6.07) is 11.0. The van der Waals surface area contributed by atoms with Crippen LogP contribution in [0.3, 0.4) is 0 Å². The monoisotopic (exact) mass is 199 g/mol. The topological polar surface area (TPSA) is 29.9 Å². The van der Waals surface area contributed by atoms with Crippen LogP contribution in [0, 0.1) is 0 Å². The highest BCUT2D eigenvalue weighted by Gasteiger charge is 2.20. The lowest BCUT2D eigenvalue weighted by Gasteiger charge is -2.26. The zero-order valence-corrected chi connectivity index (χ0v) is 8.43.